The third-order valence-electron chi connectivity index (χ3n) is 4.73. The van der Waals surface area contributed by atoms with Gasteiger partial charge in [-0.15, -0.1) is 10.2 Å². The molecular formula is C22H22N4O. The van der Waals surface area contributed by atoms with Gasteiger partial charge in [0, 0.05) is 24.3 Å². The molecule has 1 aliphatic heterocycles. The fourth-order valence-corrected chi connectivity index (χ4v) is 3.34. The molecule has 0 aliphatic carbocycles. The van der Waals surface area contributed by atoms with Crippen molar-refractivity contribution in [3.05, 3.63) is 72.3 Å². The van der Waals surface area contributed by atoms with Gasteiger partial charge in [-0.3, -0.25) is 4.79 Å². The van der Waals surface area contributed by atoms with E-state index in [-0.39, 0.29) is 5.91 Å². The van der Waals surface area contributed by atoms with E-state index >= 15 is 0 Å². The van der Waals surface area contributed by atoms with Crippen LogP contribution in [0.15, 0.2) is 66.7 Å². The van der Waals surface area contributed by atoms with E-state index in [1.54, 1.807) is 0 Å². The smallest absolute Gasteiger partial charge is 0.228 e. The van der Waals surface area contributed by atoms with E-state index in [0.29, 0.717) is 6.42 Å². The molecule has 1 aliphatic rings. The van der Waals surface area contributed by atoms with Crippen LogP contribution in [-0.2, 0) is 11.2 Å². The first-order valence-electron chi connectivity index (χ1n) is 9.31. The maximum absolute atomic E-state index is 12.3. The molecule has 0 radical (unpaired) electrons. The van der Waals surface area contributed by atoms with Crippen molar-refractivity contribution in [2.75, 3.05) is 23.3 Å². The summed E-state index contributed by atoms with van der Waals surface area (Å²) in [6, 6.07) is 21.5. The van der Waals surface area contributed by atoms with Crippen molar-refractivity contribution in [2.24, 2.45) is 0 Å². The molecule has 5 heteroatoms. The lowest BCUT2D eigenvalue weighted by Gasteiger charge is -2.15. The van der Waals surface area contributed by atoms with Crippen molar-refractivity contribution in [3.63, 3.8) is 0 Å². The molecule has 0 unspecified atom stereocenters. The number of nitrogens with zero attached hydrogens (tertiary/aromatic N) is 3. The third kappa shape index (κ3) is 4.31. The van der Waals surface area contributed by atoms with E-state index in [1.165, 1.54) is 12.8 Å². The van der Waals surface area contributed by atoms with Crippen molar-refractivity contribution < 1.29 is 4.79 Å². The maximum atomic E-state index is 12.3. The Bertz CT molecular complexity index is 903. The van der Waals surface area contributed by atoms with Crippen LogP contribution in [0.1, 0.15) is 18.4 Å². The first kappa shape index (κ1) is 17.2. The molecule has 0 atom stereocenters. The highest BCUT2D eigenvalue weighted by Gasteiger charge is 2.14. The molecule has 0 bridgehead atoms. The predicted molar refractivity (Wildman–Crippen MR) is 108 cm³/mol. The van der Waals surface area contributed by atoms with Crippen LogP contribution in [0, 0.1) is 0 Å². The first-order valence-corrected chi connectivity index (χ1v) is 9.31. The molecule has 1 amide bonds. The predicted octanol–water partition coefficient (Wildman–Crippen LogP) is 3.93. The summed E-state index contributed by atoms with van der Waals surface area (Å²) in [7, 11) is 0. The molecule has 136 valence electrons. The minimum atomic E-state index is -0.0335. The average molecular weight is 358 g/mol. The Morgan fingerprint density at radius 3 is 2.48 bits per heavy atom. The van der Waals surface area contributed by atoms with E-state index < -0.39 is 0 Å². The number of carbonyl (C=O) groups excluding carboxylic acids is 1. The minimum Gasteiger partial charge on any atom is -0.355 e. The number of rotatable bonds is 5. The molecule has 1 fully saturated rings. The van der Waals surface area contributed by atoms with E-state index in [4.69, 9.17) is 0 Å². The van der Waals surface area contributed by atoms with Crippen LogP contribution < -0.4 is 10.2 Å². The summed E-state index contributed by atoms with van der Waals surface area (Å²) in [6.07, 6.45) is 2.79. The van der Waals surface area contributed by atoms with Gasteiger partial charge in [0.25, 0.3) is 0 Å². The normalized spacial score (nSPS) is 13.6. The van der Waals surface area contributed by atoms with Gasteiger partial charge in [0.1, 0.15) is 0 Å². The van der Waals surface area contributed by atoms with Gasteiger partial charge >= 0.3 is 0 Å². The van der Waals surface area contributed by atoms with Crippen molar-refractivity contribution in [1.82, 2.24) is 10.2 Å². The van der Waals surface area contributed by atoms with Gasteiger partial charge < -0.3 is 10.2 Å². The van der Waals surface area contributed by atoms with E-state index in [0.717, 1.165) is 41.4 Å². The van der Waals surface area contributed by atoms with Crippen molar-refractivity contribution in [2.45, 2.75) is 19.3 Å². The lowest BCUT2D eigenvalue weighted by atomic mass is 10.1. The van der Waals surface area contributed by atoms with Gasteiger partial charge in [0.05, 0.1) is 12.1 Å². The highest BCUT2D eigenvalue weighted by molar-refractivity contribution is 5.92. The SMILES string of the molecule is O=C(Cc1ccccc1)Nc1cccc(-c2ccc(N3CCCC3)nn2)c1. The van der Waals surface area contributed by atoms with Gasteiger partial charge in [0.15, 0.2) is 5.82 Å². The second-order valence-electron chi connectivity index (χ2n) is 6.76. The Hall–Kier alpha value is -3.21. The van der Waals surface area contributed by atoms with E-state index in [2.05, 4.69) is 20.4 Å². The Morgan fingerprint density at radius 2 is 1.74 bits per heavy atom. The molecule has 1 aromatic heterocycles. The van der Waals surface area contributed by atoms with Gasteiger partial charge in [-0.2, -0.15) is 0 Å². The molecule has 4 rings (SSSR count). The highest BCUT2D eigenvalue weighted by atomic mass is 16.1. The molecule has 27 heavy (non-hydrogen) atoms. The number of benzene rings is 2. The Kier molecular flexibility index (Phi) is 5.10. The van der Waals surface area contributed by atoms with Crippen molar-refractivity contribution in [1.29, 1.82) is 0 Å². The second kappa shape index (κ2) is 7.99. The van der Waals surface area contributed by atoms with Crippen LogP contribution in [0.4, 0.5) is 11.5 Å². The van der Waals surface area contributed by atoms with Crippen LogP contribution >= 0.6 is 0 Å². The average Bonchev–Trinajstić information content (AvgIpc) is 3.24. The summed E-state index contributed by atoms with van der Waals surface area (Å²) >= 11 is 0. The molecule has 5 nitrogen and oxygen atoms in total. The summed E-state index contributed by atoms with van der Waals surface area (Å²) in [6.45, 7) is 2.11. The molecular weight excluding hydrogens is 336 g/mol. The number of hydrogen-bond acceptors (Lipinski definition) is 4. The van der Waals surface area contributed by atoms with Gasteiger partial charge in [-0.05, 0) is 42.7 Å². The minimum absolute atomic E-state index is 0.0335. The van der Waals surface area contributed by atoms with Gasteiger partial charge in [0.2, 0.25) is 5.91 Å². The fourth-order valence-electron chi connectivity index (χ4n) is 3.34. The monoisotopic (exact) mass is 358 g/mol. The third-order valence-corrected chi connectivity index (χ3v) is 4.73. The van der Waals surface area contributed by atoms with Gasteiger partial charge in [-0.25, -0.2) is 0 Å². The molecule has 2 aromatic carbocycles. The fraction of sp³-hybridized carbons (Fsp3) is 0.227. The zero-order valence-corrected chi connectivity index (χ0v) is 15.1. The zero-order chi connectivity index (χ0) is 18.5. The molecule has 1 N–H and O–H groups in total. The summed E-state index contributed by atoms with van der Waals surface area (Å²) in [5.41, 5.74) is 3.50. The van der Waals surface area contributed by atoms with E-state index in [9.17, 15) is 4.79 Å². The Morgan fingerprint density at radius 1 is 0.926 bits per heavy atom. The number of nitrogens with one attached hydrogen (secondary N) is 1. The van der Waals surface area contributed by atoms with Crippen LogP contribution in [0.25, 0.3) is 11.3 Å². The number of aromatic nitrogens is 2. The highest BCUT2D eigenvalue weighted by Crippen LogP contribution is 2.23. The number of carbonyl (C=O) groups is 1. The van der Waals surface area contributed by atoms with Crippen molar-refractivity contribution in [3.8, 4) is 11.3 Å². The zero-order valence-electron chi connectivity index (χ0n) is 15.1. The maximum Gasteiger partial charge on any atom is 0.228 e. The molecule has 0 saturated carbocycles. The first-order chi connectivity index (χ1) is 13.3. The van der Waals surface area contributed by atoms with Crippen LogP contribution in [0.2, 0.25) is 0 Å². The number of hydrogen-bond donors (Lipinski definition) is 1. The number of anilines is 2. The molecule has 3 aromatic rings. The van der Waals surface area contributed by atoms with Gasteiger partial charge in [-0.1, -0.05) is 42.5 Å². The summed E-state index contributed by atoms with van der Waals surface area (Å²) in [5, 5.41) is 11.7. The lowest BCUT2D eigenvalue weighted by molar-refractivity contribution is -0.115. The summed E-state index contributed by atoms with van der Waals surface area (Å²) < 4.78 is 0. The topological polar surface area (TPSA) is 58.1 Å². The largest absolute Gasteiger partial charge is 0.355 e. The second-order valence-corrected chi connectivity index (χ2v) is 6.76. The lowest BCUT2D eigenvalue weighted by Crippen LogP contribution is -2.19. The molecule has 1 saturated heterocycles. The number of amides is 1. The summed E-state index contributed by atoms with van der Waals surface area (Å²) in [5.74, 6) is 0.900. The van der Waals surface area contributed by atoms with Crippen LogP contribution in [0.3, 0.4) is 0 Å². The summed E-state index contributed by atoms with van der Waals surface area (Å²) in [4.78, 5) is 14.5. The molecule has 2 heterocycles. The van der Waals surface area contributed by atoms with Crippen LogP contribution in [-0.4, -0.2) is 29.2 Å². The van der Waals surface area contributed by atoms with E-state index in [1.807, 2.05) is 66.7 Å². The Balaban J connectivity index is 1.44. The van der Waals surface area contributed by atoms with Crippen LogP contribution in [0.5, 0.6) is 0 Å². The Labute approximate surface area is 159 Å². The van der Waals surface area contributed by atoms with Crippen molar-refractivity contribution >= 4 is 17.4 Å². The molecule has 0 spiro atoms. The standard InChI is InChI=1S/C22H22N4O/c27-22(15-17-7-2-1-3-8-17)23-19-10-6-9-18(16-19)20-11-12-21(25-24-20)26-13-4-5-14-26/h1-3,6-12,16H,4-5,13-15H2,(H,23,27). The quantitative estimate of drug-likeness (QED) is 0.751.